The van der Waals surface area contributed by atoms with Crippen molar-refractivity contribution in [2.24, 2.45) is 0 Å². The van der Waals surface area contributed by atoms with Crippen molar-refractivity contribution < 1.29 is 9.59 Å². The molecule has 0 spiro atoms. The van der Waals surface area contributed by atoms with E-state index in [-0.39, 0.29) is 17.9 Å². The molecule has 1 atom stereocenters. The van der Waals surface area contributed by atoms with Gasteiger partial charge in [-0.1, -0.05) is 6.92 Å². The van der Waals surface area contributed by atoms with E-state index in [9.17, 15) is 9.59 Å². The van der Waals surface area contributed by atoms with Gasteiger partial charge in [-0.2, -0.15) is 0 Å². The molecule has 86 valence electrons. The second-order valence-corrected chi connectivity index (χ2v) is 3.89. The first kappa shape index (κ1) is 12.0. The lowest BCUT2D eigenvalue weighted by Crippen LogP contribution is -2.45. The highest BCUT2D eigenvalue weighted by Crippen LogP contribution is 2.18. The normalized spacial score (nSPS) is 20.4. The Morgan fingerprint density at radius 2 is 2.13 bits per heavy atom. The van der Waals surface area contributed by atoms with Gasteiger partial charge in [0, 0.05) is 19.5 Å². The lowest BCUT2D eigenvalue weighted by molar-refractivity contribution is -0.138. The summed E-state index contributed by atoms with van der Waals surface area (Å²) in [5, 5.41) is 2.78. The molecule has 0 aliphatic carbocycles. The molecule has 1 unspecified atom stereocenters. The van der Waals surface area contributed by atoms with Crippen molar-refractivity contribution in [1.82, 2.24) is 10.2 Å². The van der Waals surface area contributed by atoms with Crippen LogP contribution in [0.15, 0.2) is 0 Å². The fraction of sp³-hybridized carbons (Fsp3) is 0.818. The van der Waals surface area contributed by atoms with Crippen LogP contribution < -0.4 is 5.32 Å². The minimum absolute atomic E-state index is 0.000506. The van der Waals surface area contributed by atoms with Gasteiger partial charge in [0.15, 0.2) is 0 Å². The second kappa shape index (κ2) is 5.73. The maximum Gasteiger partial charge on any atom is 0.242 e. The Morgan fingerprint density at radius 1 is 1.40 bits per heavy atom. The molecular formula is C11H20N2O2. The Hall–Kier alpha value is -1.06. The van der Waals surface area contributed by atoms with Crippen LogP contribution in [0.1, 0.15) is 39.5 Å². The SMILES string of the molecule is CCCC(=O)N1CCCC1C(=O)NCC. The summed E-state index contributed by atoms with van der Waals surface area (Å²) in [7, 11) is 0. The number of carbonyl (C=O) groups excluding carboxylic acids is 2. The van der Waals surface area contributed by atoms with Gasteiger partial charge >= 0.3 is 0 Å². The summed E-state index contributed by atoms with van der Waals surface area (Å²) in [5.41, 5.74) is 0. The van der Waals surface area contributed by atoms with Crippen LogP contribution in [-0.4, -0.2) is 35.8 Å². The van der Waals surface area contributed by atoms with Crippen molar-refractivity contribution in [2.75, 3.05) is 13.1 Å². The zero-order valence-electron chi connectivity index (χ0n) is 9.58. The van der Waals surface area contributed by atoms with E-state index >= 15 is 0 Å². The van der Waals surface area contributed by atoms with E-state index in [1.54, 1.807) is 4.90 Å². The van der Waals surface area contributed by atoms with Gasteiger partial charge in [0.2, 0.25) is 11.8 Å². The summed E-state index contributed by atoms with van der Waals surface area (Å²) in [6.07, 6.45) is 3.14. The Bertz CT molecular complexity index is 217. The van der Waals surface area contributed by atoms with Crippen LogP contribution in [0.3, 0.4) is 0 Å². The van der Waals surface area contributed by atoms with E-state index < -0.39 is 0 Å². The first-order chi connectivity index (χ1) is 7.20. The average Bonchev–Trinajstić information content (AvgIpc) is 2.66. The number of amides is 2. The van der Waals surface area contributed by atoms with Crippen molar-refractivity contribution in [3.63, 3.8) is 0 Å². The largest absolute Gasteiger partial charge is 0.355 e. The molecular weight excluding hydrogens is 192 g/mol. The molecule has 4 nitrogen and oxygen atoms in total. The molecule has 0 aromatic rings. The van der Waals surface area contributed by atoms with Crippen molar-refractivity contribution in [1.29, 1.82) is 0 Å². The molecule has 4 heteroatoms. The smallest absolute Gasteiger partial charge is 0.242 e. The third-order valence-corrected chi connectivity index (χ3v) is 2.69. The molecule has 0 radical (unpaired) electrons. The van der Waals surface area contributed by atoms with Gasteiger partial charge < -0.3 is 10.2 Å². The van der Waals surface area contributed by atoms with Crippen LogP contribution in [0.25, 0.3) is 0 Å². The molecule has 1 saturated heterocycles. The minimum Gasteiger partial charge on any atom is -0.355 e. The molecule has 0 bridgehead atoms. The molecule has 15 heavy (non-hydrogen) atoms. The Morgan fingerprint density at radius 3 is 2.73 bits per heavy atom. The number of carbonyl (C=O) groups is 2. The van der Waals surface area contributed by atoms with Gasteiger partial charge in [0.05, 0.1) is 0 Å². The summed E-state index contributed by atoms with van der Waals surface area (Å²) in [5.74, 6) is 0.116. The summed E-state index contributed by atoms with van der Waals surface area (Å²) in [6, 6.07) is -0.219. The third kappa shape index (κ3) is 2.94. The summed E-state index contributed by atoms with van der Waals surface area (Å²) in [4.78, 5) is 25.1. The molecule has 1 fully saturated rings. The molecule has 1 aliphatic heterocycles. The van der Waals surface area contributed by atoms with Crippen molar-refractivity contribution >= 4 is 11.8 Å². The van der Waals surface area contributed by atoms with E-state index in [1.165, 1.54) is 0 Å². The maximum absolute atomic E-state index is 11.7. The Balaban J connectivity index is 2.56. The topological polar surface area (TPSA) is 49.4 Å². The number of nitrogens with one attached hydrogen (secondary N) is 1. The molecule has 1 rings (SSSR count). The average molecular weight is 212 g/mol. The van der Waals surface area contributed by atoms with Crippen LogP contribution in [0.5, 0.6) is 0 Å². The monoisotopic (exact) mass is 212 g/mol. The summed E-state index contributed by atoms with van der Waals surface area (Å²) < 4.78 is 0. The van der Waals surface area contributed by atoms with Crippen LogP contribution in [0.2, 0.25) is 0 Å². The van der Waals surface area contributed by atoms with Crippen molar-refractivity contribution in [2.45, 2.75) is 45.6 Å². The third-order valence-electron chi connectivity index (χ3n) is 2.69. The zero-order valence-corrected chi connectivity index (χ0v) is 9.58. The summed E-state index contributed by atoms with van der Waals surface area (Å²) in [6.45, 7) is 5.24. The first-order valence-corrected chi connectivity index (χ1v) is 5.77. The number of hydrogen-bond acceptors (Lipinski definition) is 2. The van der Waals surface area contributed by atoms with E-state index in [4.69, 9.17) is 0 Å². The number of likely N-dealkylation sites (N-methyl/N-ethyl adjacent to an activating group) is 1. The first-order valence-electron chi connectivity index (χ1n) is 5.77. The molecule has 0 saturated carbocycles. The van der Waals surface area contributed by atoms with Crippen molar-refractivity contribution in [3.05, 3.63) is 0 Å². The Kier molecular flexibility index (Phi) is 4.59. The predicted molar refractivity (Wildman–Crippen MR) is 58.3 cm³/mol. The molecule has 1 aliphatic rings. The van der Waals surface area contributed by atoms with E-state index in [2.05, 4.69) is 5.32 Å². The molecule has 1 N–H and O–H groups in total. The lowest BCUT2D eigenvalue weighted by Gasteiger charge is -2.23. The number of rotatable bonds is 4. The van der Waals surface area contributed by atoms with Crippen LogP contribution in [0.4, 0.5) is 0 Å². The fourth-order valence-corrected chi connectivity index (χ4v) is 1.99. The van der Waals surface area contributed by atoms with Gasteiger partial charge in [0.1, 0.15) is 6.04 Å². The number of hydrogen-bond donors (Lipinski definition) is 1. The highest BCUT2D eigenvalue weighted by Gasteiger charge is 2.32. The highest BCUT2D eigenvalue weighted by atomic mass is 16.2. The molecule has 0 aromatic heterocycles. The van der Waals surface area contributed by atoms with Gasteiger partial charge in [0.25, 0.3) is 0 Å². The van der Waals surface area contributed by atoms with Gasteiger partial charge in [-0.05, 0) is 26.2 Å². The van der Waals surface area contributed by atoms with Crippen LogP contribution in [-0.2, 0) is 9.59 Å². The van der Waals surface area contributed by atoms with E-state index in [0.717, 1.165) is 25.8 Å². The van der Waals surface area contributed by atoms with Crippen LogP contribution in [0, 0.1) is 0 Å². The highest BCUT2D eigenvalue weighted by molar-refractivity contribution is 5.88. The molecule has 2 amide bonds. The quantitative estimate of drug-likeness (QED) is 0.753. The standard InChI is InChI=1S/C11H20N2O2/c1-3-6-10(14)13-8-5-7-9(13)11(15)12-4-2/h9H,3-8H2,1-2H3,(H,12,15). The zero-order chi connectivity index (χ0) is 11.3. The number of nitrogens with zero attached hydrogens (tertiary/aromatic N) is 1. The summed E-state index contributed by atoms with van der Waals surface area (Å²) >= 11 is 0. The lowest BCUT2D eigenvalue weighted by atomic mass is 10.2. The van der Waals surface area contributed by atoms with Gasteiger partial charge in [-0.25, -0.2) is 0 Å². The van der Waals surface area contributed by atoms with E-state index in [1.807, 2.05) is 13.8 Å². The maximum atomic E-state index is 11.7. The fourth-order valence-electron chi connectivity index (χ4n) is 1.99. The predicted octanol–water partition coefficient (Wildman–Crippen LogP) is 0.914. The minimum atomic E-state index is -0.219. The molecule has 1 heterocycles. The number of likely N-dealkylation sites (tertiary alicyclic amines) is 1. The van der Waals surface area contributed by atoms with Gasteiger partial charge in [-0.3, -0.25) is 9.59 Å². The van der Waals surface area contributed by atoms with Gasteiger partial charge in [-0.15, -0.1) is 0 Å². The van der Waals surface area contributed by atoms with Crippen LogP contribution >= 0.6 is 0 Å². The van der Waals surface area contributed by atoms with Crippen molar-refractivity contribution in [3.8, 4) is 0 Å². The van der Waals surface area contributed by atoms with E-state index in [0.29, 0.717) is 13.0 Å². The molecule has 0 aromatic carbocycles. The Labute approximate surface area is 91.0 Å². The second-order valence-electron chi connectivity index (χ2n) is 3.89.